The third-order valence-corrected chi connectivity index (χ3v) is 3.92. The molecule has 1 N–H and O–H groups in total. The number of carbonyl (C=O) groups is 1. The zero-order valence-electron chi connectivity index (χ0n) is 12.5. The third-order valence-electron chi connectivity index (χ3n) is 3.92. The second kappa shape index (κ2) is 5.73. The van der Waals surface area contributed by atoms with Crippen LogP contribution in [0.2, 0.25) is 0 Å². The molecule has 1 aromatic heterocycles. The quantitative estimate of drug-likeness (QED) is 0.923. The average Bonchev–Trinajstić information content (AvgIpc) is 2.97. The smallest absolute Gasteiger partial charge is 0.410 e. The van der Waals surface area contributed by atoms with E-state index < -0.39 is 29.9 Å². The molecule has 128 valence electrons. The van der Waals surface area contributed by atoms with Crippen LogP contribution in [0.3, 0.4) is 0 Å². The van der Waals surface area contributed by atoms with Crippen molar-refractivity contribution in [2.45, 2.75) is 24.7 Å². The summed E-state index contributed by atoms with van der Waals surface area (Å²) in [4.78, 5) is 10.9. The Morgan fingerprint density at radius 2 is 2.04 bits per heavy atom. The number of benzene rings is 1. The summed E-state index contributed by atoms with van der Waals surface area (Å²) < 4.78 is 45.8. The molecule has 3 rings (SSSR count). The molecule has 0 saturated carbocycles. The molecule has 6 nitrogen and oxygen atoms in total. The Labute approximate surface area is 134 Å². The zero-order valence-corrected chi connectivity index (χ0v) is 12.5. The normalized spacial score (nSPS) is 20.2. The lowest BCUT2D eigenvalue weighted by Gasteiger charge is -2.33. The van der Waals surface area contributed by atoms with Crippen LogP contribution < -0.4 is 15.2 Å². The SMILES string of the molecule is COc1ccc([C@H]2C[C@@H](C(F)(F)F)n3nc(C(=O)[O-])cc3N2)cc1. The third kappa shape index (κ3) is 2.89. The lowest BCUT2D eigenvalue weighted by atomic mass is 9.97. The van der Waals surface area contributed by atoms with Crippen molar-refractivity contribution in [3.63, 3.8) is 0 Å². The molecule has 0 aliphatic carbocycles. The number of hydrogen-bond acceptors (Lipinski definition) is 5. The highest BCUT2D eigenvalue weighted by Crippen LogP contribution is 2.43. The molecule has 2 aromatic rings. The number of aromatic nitrogens is 2. The van der Waals surface area contributed by atoms with Crippen LogP contribution in [0.25, 0.3) is 0 Å². The van der Waals surface area contributed by atoms with Crippen molar-refractivity contribution in [3.8, 4) is 5.75 Å². The molecular formula is C15H13F3N3O3-. The van der Waals surface area contributed by atoms with Crippen LogP contribution in [0.4, 0.5) is 19.0 Å². The van der Waals surface area contributed by atoms with Gasteiger partial charge in [-0.05, 0) is 17.7 Å². The molecule has 9 heteroatoms. The Balaban J connectivity index is 1.98. The number of fused-ring (bicyclic) bond motifs is 1. The lowest BCUT2D eigenvalue weighted by Crippen LogP contribution is -2.35. The highest BCUT2D eigenvalue weighted by atomic mass is 19.4. The van der Waals surface area contributed by atoms with E-state index in [1.54, 1.807) is 24.3 Å². The molecule has 0 radical (unpaired) electrons. The Bertz CT molecular complexity index is 756. The molecule has 2 heterocycles. The Kier molecular flexibility index (Phi) is 3.86. The van der Waals surface area contributed by atoms with Crippen molar-refractivity contribution in [3.05, 3.63) is 41.6 Å². The second-order valence-electron chi connectivity index (χ2n) is 5.41. The van der Waals surface area contributed by atoms with Gasteiger partial charge in [-0.25, -0.2) is 4.68 Å². The van der Waals surface area contributed by atoms with Crippen LogP contribution in [0.15, 0.2) is 30.3 Å². The molecule has 0 unspecified atom stereocenters. The summed E-state index contributed by atoms with van der Waals surface area (Å²) in [6.07, 6.45) is -4.87. The van der Waals surface area contributed by atoms with Crippen LogP contribution in [0.5, 0.6) is 5.75 Å². The van der Waals surface area contributed by atoms with Crippen LogP contribution in [-0.4, -0.2) is 29.0 Å². The fraction of sp³-hybridized carbons (Fsp3) is 0.333. The van der Waals surface area contributed by atoms with Crippen LogP contribution in [0, 0.1) is 0 Å². The van der Waals surface area contributed by atoms with E-state index in [1.165, 1.54) is 7.11 Å². The fourth-order valence-electron chi connectivity index (χ4n) is 2.73. The topological polar surface area (TPSA) is 79.2 Å². The van der Waals surface area contributed by atoms with E-state index in [2.05, 4.69) is 10.4 Å². The first-order valence-corrected chi connectivity index (χ1v) is 7.07. The first-order valence-electron chi connectivity index (χ1n) is 7.07. The van der Waals surface area contributed by atoms with Gasteiger partial charge < -0.3 is 20.0 Å². The molecule has 0 amide bonds. The maximum atomic E-state index is 13.4. The van der Waals surface area contributed by atoms with E-state index >= 15 is 0 Å². The number of hydrogen-bond donors (Lipinski definition) is 1. The predicted molar refractivity (Wildman–Crippen MR) is 75.6 cm³/mol. The standard InChI is InChI=1S/C15H14F3N3O3/c1-24-9-4-2-8(3-5-9)10-6-12(15(16,17)18)21-13(19-10)7-11(20-21)14(22)23/h2-5,7,10,12,19H,6H2,1H3,(H,22,23)/p-1/t10-,12+/m1/s1. The van der Waals surface area contributed by atoms with Crippen molar-refractivity contribution < 1.29 is 27.8 Å². The van der Waals surface area contributed by atoms with Gasteiger partial charge in [-0.3, -0.25) is 0 Å². The first-order chi connectivity index (χ1) is 11.3. The lowest BCUT2D eigenvalue weighted by molar-refractivity contribution is -0.255. The largest absolute Gasteiger partial charge is 0.543 e. The first kappa shape index (κ1) is 16.2. The van der Waals surface area contributed by atoms with Crippen LogP contribution in [-0.2, 0) is 0 Å². The Morgan fingerprint density at radius 1 is 1.38 bits per heavy atom. The van der Waals surface area contributed by atoms with Crippen molar-refractivity contribution in [1.29, 1.82) is 0 Å². The van der Waals surface area contributed by atoms with Gasteiger partial charge >= 0.3 is 6.18 Å². The summed E-state index contributed by atoms with van der Waals surface area (Å²) in [6.45, 7) is 0. The summed E-state index contributed by atoms with van der Waals surface area (Å²) in [5.74, 6) is -1.05. The molecule has 24 heavy (non-hydrogen) atoms. The van der Waals surface area contributed by atoms with Gasteiger partial charge in [0, 0.05) is 12.5 Å². The Hall–Kier alpha value is -2.71. The molecular weight excluding hydrogens is 327 g/mol. The Morgan fingerprint density at radius 3 is 2.58 bits per heavy atom. The summed E-state index contributed by atoms with van der Waals surface area (Å²) in [5, 5.41) is 17.3. The van der Waals surface area contributed by atoms with Crippen molar-refractivity contribution in [2.75, 3.05) is 12.4 Å². The number of ether oxygens (including phenoxy) is 1. The summed E-state index contributed by atoms with van der Waals surface area (Å²) >= 11 is 0. The number of aromatic carboxylic acids is 1. The second-order valence-corrected chi connectivity index (χ2v) is 5.41. The minimum Gasteiger partial charge on any atom is -0.543 e. The molecule has 2 atom stereocenters. The summed E-state index contributed by atoms with van der Waals surface area (Å²) in [7, 11) is 1.49. The molecule has 0 fully saturated rings. The van der Waals surface area contributed by atoms with E-state index in [1.807, 2.05) is 0 Å². The fourth-order valence-corrected chi connectivity index (χ4v) is 2.73. The molecule has 0 spiro atoms. The average molecular weight is 340 g/mol. The molecule has 0 saturated heterocycles. The van der Waals surface area contributed by atoms with Gasteiger partial charge in [0.25, 0.3) is 0 Å². The van der Waals surface area contributed by atoms with E-state index in [0.29, 0.717) is 16.0 Å². The van der Waals surface area contributed by atoms with Crippen LogP contribution >= 0.6 is 0 Å². The predicted octanol–water partition coefficient (Wildman–Crippen LogP) is 1.92. The van der Waals surface area contributed by atoms with Crippen molar-refractivity contribution in [1.82, 2.24) is 9.78 Å². The summed E-state index contributed by atoms with van der Waals surface area (Å²) in [5.41, 5.74) is 0.0923. The van der Waals surface area contributed by atoms with Gasteiger partial charge in [-0.2, -0.15) is 18.3 Å². The monoisotopic (exact) mass is 340 g/mol. The number of carboxylic acids is 1. The minimum absolute atomic E-state index is 0.0106. The maximum absolute atomic E-state index is 13.4. The molecule has 1 aromatic carbocycles. The number of nitrogens with one attached hydrogen (secondary N) is 1. The molecule has 1 aliphatic heterocycles. The molecule has 0 bridgehead atoms. The van der Waals surface area contributed by atoms with Crippen LogP contribution in [0.1, 0.15) is 34.6 Å². The van der Waals surface area contributed by atoms with Gasteiger partial charge in [0.05, 0.1) is 19.1 Å². The van der Waals surface area contributed by atoms with Gasteiger partial charge in [0.1, 0.15) is 17.3 Å². The van der Waals surface area contributed by atoms with Gasteiger partial charge in [0.15, 0.2) is 6.04 Å². The van der Waals surface area contributed by atoms with Gasteiger partial charge in [-0.15, -0.1) is 0 Å². The minimum atomic E-state index is -4.56. The number of rotatable bonds is 3. The number of anilines is 1. The maximum Gasteiger partial charge on any atom is 0.410 e. The van der Waals surface area contributed by atoms with Crippen molar-refractivity contribution >= 4 is 11.8 Å². The van der Waals surface area contributed by atoms with Gasteiger partial charge in [-0.1, -0.05) is 12.1 Å². The highest BCUT2D eigenvalue weighted by molar-refractivity contribution is 5.84. The number of alkyl halides is 3. The number of carbonyl (C=O) groups excluding carboxylic acids is 1. The van der Waals surface area contributed by atoms with E-state index in [-0.39, 0.29) is 12.2 Å². The van der Waals surface area contributed by atoms with E-state index in [9.17, 15) is 23.1 Å². The summed E-state index contributed by atoms with van der Waals surface area (Å²) in [6, 6.07) is 5.11. The highest BCUT2D eigenvalue weighted by Gasteiger charge is 2.46. The zero-order chi connectivity index (χ0) is 17.5. The molecule has 1 aliphatic rings. The number of halogens is 3. The van der Waals surface area contributed by atoms with Gasteiger partial charge in [0.2, 0.25) is 0 Å². The number of carboxylic acid groups (broad SMARTS) is 1. The number of nitrogens with zero attached hydrogens (tertiary/aromatic N) is 2. The van der Waals surface area contributed by atoms with Crippen molar-refractivity contribution in [2.24, 2.45) is 0 Å². The van der Waals surface area contributed by atoms with E-state index in [0.717, 1.165) is 6.07 Å². The number of methoxy groups -OCH3 is 1. The van der Waals surface area contributed by atoms with E-state index in [4.69, 9.17) is 4.74 Å².